The van der Waals surface area contributed by atoms with Gasteiger partial charge in [-0.3, -0.25) is 19.5 Å². The van der Waals surface area contributed by atoms with Crippen molar-refractivity contribution >= 4 is 12.0 Å². The van der Waals surface area contributed by atoms with E-state index in [0.29, 0.717) is 18.7 Å². The summed E-state index contributed by atoms with van der Waals surface area (Å²) in [7, 11) is 0. The number of aliphatic hydroxyl groups excluding tert-OH is 1. The average molecular weight is 449 g/mol. The number of amides is 1. The van der Waals surface area contributed by atoms with Crippen molar-refractivity contribution in [3.05, 3.63) is 69.9 Å². The summed E-state index contributed by atoms with van der Waals surface area (Å²) in [5, 5.41) is 13.7. The van der Waals surface area contributed by atoms with E-state index < -0.39 is 5.92 Å². The molecule has 33 heavy (non-hydrogen) atoms. The Morgan fingerprint density at radius 3 is 2.67 bits per heavy atom. The summed E-state index contributed by atoms with van der Waals surface area (Å²) >= 11 is 0. The minimum absolute atomic E-state index is 0.00612. The fourth-order valence-corrected chi connectivity index (χ4v) is 6.13. The molecule has 4 atom stereocenters. The van der Waals surface area contributed by atoms with Crippen LogP contribution in [0.1, 0.15) is 55.5 Å². The summed E-state index contributed by atoms with van der Waals surface area (Å²) in [6.45, 7) is 2.93. The SMILES string of the molecule is C/C=C\c1ccc2n(c1=O)C[C@H]1[C@H](CO)[C@@H](C(=O)NC3CCCC3)[C@@H]2N1Cc1ccncc1. The Kier molecular flexibility index (Phi) is 6.17. The Bertz CT molecular complexity index is 1090. The van der Waals surface area contributed by atoms with Gasteiger partial charge in [-0.1, -0.05) is 25.0 Å². The highest BCUT2D eigenvalue weighted by Crippen LogP contribution is 2.49. The minimum atomic E-state index is -0.400. The van der Waals surface area contributed by atoms with Gasteiger partial charge in [0, 0.05) is 61.3 Å². The van der Waals surface area contributed by atoms with E-state index in [1.165, 1.54) is 0 Å². The second kappa shape index (κ2) is 9.23. The quantitative estimate of drug-likeness (QED) is 0.709. The van der Waals surface area contributed by atoms with Gasteiger partial charge in [0.15, 0.2) is 0 Å². The van der Waals surface area contributed by atoms with E-state index >= 15 is 0 Å². The summed E-state index contributed by atoms with van der Waals surface area (Å²) < 4.78 is 1.83. The third-order valence-corrected chi connectivity index (χ3v) is 7.66. The second-order valence-electron chi connectivity index (χ2n) is 9.53. The van der Waals surface area contributed by atoms with Crippen molar-refractivity contribution in [1.29, 1.82) is 0 Å². The van der Waals surface area contributed by atoms with Gasteiger partial charge >= 0.3 is 0 Å². The van der Waals surface area contributed by atoms with Crippen molar-refractivity contribution < 1.29 is 9.90 Å². The van der Waals surface area contributed by atoms with Gasteiger partial charge < -0.3 is 15.0 Å². The van der Waals surface area contributed by atoms with Crippen LogP contribution in [-0.4, -0.2) is 44.2 Å². The number of pyridine rings is 2. The van der Waals surface area contributed by atoms with E-state index in [0.717, 1.165) is 36.9 Å². The molecule has 1 aliphatic carbocycles. The van der Waals surface area contributed by atoms with E-state index in [4.69, 9.17) is 0 Å². The van der Waals surface area contributed by atoms with Crippen molar-refractivity contribution in [2.75, 3.05) is 6.61 Å². The number of aliphatic hydroxyl groups is 1. The van der Waals surface area contributed by atoms with Gasteiger partial charge in [0.05, 0.1) is 12.0 Å². The summed E-state index contributed by atoms with van der Waals surface area (Å²) in [5.74, 6) is -0.627. The number of fused-ring (bicyclic) bond motifs is 4. The molecule has 2 N–H and O–H groups in total. The summed E-state index contributed by atoms with van der Waals surface area (Å²) in [5.41, 5.74) is 2.59. The Labute approximate surface area is 194 Å². The van der Waals surface area contributed by atoms with Crippen LogP contribution in [0, 0.1) is 11.8 Å². The minimum Gasteiger partial charge on any atom is -0.396 e. The lowest BCUT2D eigenvalue weighted by Crippen LogP contribution is -2.46. The number of carbonyl (C=O) groups excluding carboxylic acids is 1. The first-order chi connectivity index (χ1) is 16.1. The predicted molar refractivity (Wildman–Crippen MR) is 126 cm³/mol. The largest absolute Gasteiger partial charge is 0.396 e. The van der Waals surface area contributed by atoms with Crippen LogP contribution in [0.25, 0.3) is 6.08 Å². The second-order valence-corrected chi connectivity index (χ2v) is 9.53. The molecule has 0 aromatic carbocycles. The first kappa shape index (κ1) is 22.0. The third kappa shape index (κ3) is 3.93. The smallest absolute Gasteiger partial charge is 0.258 e. The molecule has 4 heterocycles. The standard InChI is InChI=1S/C26H32N4O3/c1-2-5-18-8-9-21-24-23(25(32)28-19-6-3-4-7-19)20(16-31)22(15-30(21)26(18)33)29(24)14-17-10-12-27-13-11-17/h2,5,8-13,19-20,22-24,31H,3-4,6-7,14-16H2,1H3,(H,28,32)/b5-2-/t20-,22-,23+,24+/m0/s1. The van der Waals surface area contributed by atoms with Gasteiger partial charge in [0.2, 0.25) is 5.91 Å². The molecule has 2 bridgehead atoms. The molecule has 0 radical (unpaired) electrons. The zero-order valence-electron chi connectivity index (χ0n) is 19.1. The highest BCUT2D eigenvalue weighted by atomic mass is 16.3. The summed E-state index contributed by atoms with van der Waals surface area (Å²) in [6.07, 6.45) is 11.6. The fourth-order valence-electron chi connectivity index (χ4n) is 6.13. The number of carbonyl (C=O) groups is 1. The third-order valence-electron chi connectivity index (χ3n) is 7.66. The fraction of sp³-hybridized carbons (Fsp3) is 0.500. The first-order valence-corrected chi connectivity index (χ1v) is 12.0. The van der Waals surface area contributed by atoms with Gasteiger partial charge in [-0.15, -0.1) is 0 Å². The number of hydrogen-bond donors (Lipinski definition) is 2. The molecule has 2 aromatic rings. The Balaban J connectivity index is 1.57. The maximum atomic E-state index is 13.6. The molecule has 3 aliphatic rings. The highest BCUT2D eigenvalue weighted by Gasteiger charge is 2.55. The molecular weight excluding hydrogens is 416 g/mol. The van der Waals surface area contributed by atoms with Crippen molar-refractivity contribution in [1.82, 2.24) is 19.8 Å². The van der Waals surface area contributed by atoms with Gasteiger partial charge in [0.25, 0.3) is 5.56 Å². The monoisotopic (exact) mass is 448 g/mol. The van der Waals surface area contributed by atoms with Gasteiger partial charge in [-0.25, -0.2) is 0 Å². The molecule has 174 valence electrons. The van der Waals surface area contributed by atoms with E-state index in [1.54, 1.807) is 12.4 Å². The van der Waals surface area contributed by atoms with Crippen molar-refractivity contribution in [3.63, 3.8) is 0 Å². The molecule has 2 aliphatic heterocycles. The number of rotatable bonds is 6. The van der Waals surface area contributed by atoms with Crippen LogP contribution in [0.2, 0.25) is 0 Å². The van der Waals surface area contributed by atoms with Crippen LogP contribution >= 0.6 is 0 Å². The maximum Gasteiger partial charge on any atom is 0.258 e. The Morgan fingerprint density at radius 2 is 1.97 bits per heavy atom. The molecule has 1 saturated carbocycles. The zero-order valence-corrected chi connectivity index (χ0v) is 19.1. The lowest BCUT2D eigenvalue weighted by Gasteiger charge is -2.38. The lowest BCUT2D eigenvalue weighted by molar-refractivity contribution is -0.128. The number of nitrogens with one attached hydrogen (secondary N) is 1. The first-order valence-electron chi connectivity index (χ1n) is 12.0. The molecule has 0 unspecified atom stereocenters. The van der Waals surface area contributed by atoms with Crippen LogP contribution in [0.4, 0.5) is 0 Å². The zero-order chi connectivity index (χ0) is 22.9. The van der Waals surface area contributed by atoms with Gasteiger partial charge in [-0.2, -0.15) is 0 Å². The molecular formula is C26H32N4O3. The average Bonchev–Trinajstić information content (AvgIpc) is 3.40. The highest BCUT2D eigenvalue weighted by molar-refractivity contribution is 5.81. The van der Waals surface area contributed by atoms with Crippen LogP contribution in [-0.2, 0) is 17.9 Å². The van der Waals surface area contributed by atoms with E-state index in [-0.39, 0.29) is 42.1 Å². The molecule has 7 heteroatoms. The normalized spacial score (nSPS) is 27.2. The number of aromatic nitrogens is 2. The number of allylic oxidation sites excluding steroid dienone is 1. The molecule has 1 saturated heterocycles. The van der Waals surface area contributed by atoms with E-state index in [2.05, 4.69) is 15.2 Å². The molecule has 2 aromatic heterocycles. The Morgan fingerprint density at radius 1 is 1.21 bits per heavy atom. The molecule has 2 fully saturated rings. The van der Waals surface area contributed by atoms with Crippen LogP contribution in [0.15, 0.2) is 47.5 Å². The predicted octanol–water partition coefficient (Wildman–Crippen LogP) is 2.50. The number of nitrogens with zero attached hydrogens (tertiary/aromatic N) is 3. The molecule has 0 spiro atoms. The van der Waals surface area contributed by atoms with Gasteiger partial charge in [0.1, 0.15) is 0 Å². The van der Waals surface area contributed by atoms with Gasteiger partial charge in [-0.05, 0) is 49.6 Å². The topological polar surface area (TPSA) is 87.5 Å². The summed E-state index contributed by atoms with van der Waals surface area (Å²) in [6, 6.07) is 7.67. The van der Waals surface area contributed by atoms with E-state index in [9.17, 15) is 14.7 Å². The summed E-state index contributed by atoms with van der Waals surface area (Å²) in [4.78, 5) is 33.3. The van der Waals surface area contributed by atoms with Crippen LogP contribution < -0.4 is 10.9 Å². The lowest BCUT2D eigenvalue weighted by atomic mass is 9.86. The van der Waals surface area contributed by atoms with Crippen molar-refractivity contribution in [3.8, 4) is 0 Å². The molecule has 7 nitrogen and oxygen atoms in total. The number of hydrogen-bond acceptors (Lipinski definition) is 5. The van der Waals surface area contributed by atoms with E-state index in [1.807, 2.05) is 47.9 Å². The Hall–Kier alpha value is -2.77. The maximum absolute atomic E-state index is 13.6. The van der Waals surface area contributed by atoms with Crippen molar-refractivity contribution in [2.24, 2.45) is 11.8 Å². The molecule has 1 amide bonds. The molecule has 5 rings (SSSR count). The van der Waals surface area contributed by atoms with Crippen LogP contribution in [0.3, 0.4) is 0 Å². The van der Waals surface area contributed by atoms with Crippen molar-refractivity contribution in [2.45, 2.75) is 63.8 Å². The van der Waals surface area contributed by atoms with Crippen LogP contribution in [0.5, 0.6) is 0 Å².